The Kier molecular flexibility index (Phi) is 10.7. The van der Waals surface area contributed by atoms with Crippen molar-refractivity contribution in [3.8, 4) is 6.07 Å². The lowest BCUT2D eigenvalue weighted by Gasteiger charge is -2.35. The maximum atomic E-state index is 12.7. The van der Waals surface area contributed by atoms with Gasteiger partial charge < -0.3 is 30.5 Å². The number of aromatic amines is 2. The standard InChI is InChI=1S/C20H20N6O3.C20H17N5O2/c21-17(24-29)13-5-7-14(8-6-13)19(28)25-9-11-26(12-10-25)20-22-16-4-2-1-3-15(16)18(27)23-20;21-13-14-5-7-15(8-6-14)19(27)24-9-11-25(12-10-24)20-22-17-4-2-1-3-16(17)18(26)23-20/h1-8,29H,9-12H2,(H2,21,24)(H,22,23,27);1-8H,9-12H2,(H,22,23,26). The van der Waals surface area contributed by atoms with E-state index in [9.17, 15) is 19.2 Å². The molecule has 0 atom stereocenters. The van der Waals surface area contributed by atoms with Gasteiger partial charge in [0, 0.05) is 69.0 Å². The van der Waals surface area contributed by atoms with Crippen molar-refractivity contribution in [2.24, 2.45) is 10.9 Å². The highest BCUT2D eigenvalue weighted by Crippen LogP contribution is 2.18. The van der Waals surface area contributed by atoms with Crippen molar-refractivity contribution in [1.82, 2.24) is 29.7 Å². The zero-order chi connectivity index (χ0) is 39.2. The lowest BCUT2D eigenvalue weighted by atomic mass is 10.1. The van der Waals surface area contributed by atoms with E-state index in [0.29, 0.717) is 108 Å². The molecule has 282 valence electrons. The van der Waals surface area contributed by atoms with Crippen molar-refractivity contribution in [3.05, 3.63) is 140 Å². The SMILES string of the molecule is N#Cc1ccc(C(=O)N2CCN(c3nc4ccccc4c(=O)[nH]3)CC2)cc1.NC(=NO)c1ccc(C(=O)N2CCN(c3nc4ccccc4c(=O)[nH]3)CC2)cc1. The molecular formula is C40H37N11O5. The Morgan fingerprint density at radius 3 is 1.43 bits per heavy atom. The number of hydrogen-bond donors (Lipinski definition) is 4. The first-order valence-electron chi connectivity index (χ1n) is 17.9. The molecule has 56 heavy (non-hydrogen) atoms. The average Bonchev–Trinajstić information content (AvgIpc) is 3.26. The number of amidine groups is 1. The molecule has 0 aliphatic carbocycles. The quantitative estimate of drug-likeness (QED) is 0.0868. The van der Waals surface area contributed by atoms with Crippen LogP contribution in [-0.2, 0) is 0 Å². The summed E-state index contributed by atoms with van der Waals surface area (Å²) in [6, 6.07) is 29.7. The smallest absolute Gasteiger partial charge is 0.260 e. The van der Waals surface area contributed by atoms with E-state index in [1.165, 1.54) is 0 Å². The van der Waals surface area contributed by atoms with E-state index in [0.717, 1.165) is 0 Å². The fourth-order valence-corrected chi connectivity index (χ4v) is 6.58. The van der Waals surface area contributed by atoms with Crippen LogP contribution in [-0.4, -0.2) is 105 Å². The molecule has 2 saturated heterocycles. The van der Waals surface area contributed by atoms with Gasteiger partial charge in [-0.1, -0.05) is 41.6 Å². The highest BCUT2D eigenvalue weighted by Gasteiger charge is 2.25. The van der Waals surface area contributed by atoms with Crippen molar-refractivity contribution in [2.45, 2.75) is 0 Å². The van der Waals surface area contributed by atoms with Crippen LogP contribution in [0.3, 0.4) is 0 Å². The molecule has 0 unspecified atom stereocenters. The molecule has 4 aromatic carbocycles. The molecule has 2 amide bonds. The van der Waals surface area contributed by atoms with Gasteiger partial charge in [0.25, 0.3) is 22.9 Å². The zero-order valence-corrected chi connectivity index (χ0v) is 30.1. The van der Waals surface area contributed by atoms with E-state index >= 15 is 0 Å². The molecule has 4 heterocycles. The second-order valence-corrected chi connectivity index (χ2v) is 13.1. The van der Waals surface area contributed by atoms with Gasteiger partial charge in [-0.3, -0.25) is 29.1 Å². The predicted molar refractivity (Wildman–Crippen MR) is 211 cm³/mol. The highest BCUT2D eigenvalue weighted by molar-refractivity contribution is 5.99. The van der Waals surface area contributed by atoms with Gasteiger partial charge in [-0.2, -0.15) is 5.26 Å². The fraction of sp³-hybridized carbons (Fsp3) is 0.200. The summed E-state index contributed by atoms with van der Waals surface area (Å²) in [5, 5.41) is 21.6. The van der Waals surface area contributed by atoms with Gasteiger partial charge in [0.1, 0.15) is 0 Å². The summed E-state index contributed by atoms with van der Waals surface area (Å²) < 4.78 is 0. The Morgan fingerprint density at radius 1 is 0.625 bits per heavy atom. The molecule has 2 aliphatic rings. The minimum Gasteiger partial charge on any atom is -0.409 e. The van der Waals surface area contributed by atoms with Crippen LogP contribution in [0.2, 0.25) is 0 Å². The van der Waals surface area contributed by atoms with E-state index in [1.54, 1.807) is 76.5 Å². The first-order chi connectivity index (χ1) is 27.2. The maximum Gasteiger partial charge on any atom is 0.260 e. The lowest BCUT2D eigenvalue weighted by Crippen LogP contribution is -2.49. The number of nitrogens with zero attached hydrogens (tertiary/aromatic N) is 8. The number of rotatable bonds is 5. The van der Waals surface area contributed by atoms with E-state index in [2.05, 4.69) is 25.1 Å². The van der Waals surface area contributed by atoms with Crippen molar-refractivity contribution in [2.75, 3.05) is 62.2 Å². The molecule has 0 saturated carbocycles. The van der Waals surface area contributed by atoms with Gasteiger partial charge in [0.05, 0.1) is 33.4 Å². The molecular weight excluding hydrogens is 715 g/mol. The number of hydrogen-bond acceptors (Lipinski definition) is 11. The molecule has 5 N–H and O–H groups in total. The Morgan fingerprint density at radius 2 is 1.02 bits per heavy atom. The number of fused-ring (bicyclic) bond motifs is 2. The number of piperazine rings is 2. The van der Waals surface area contributed by atoms with Gasteiger partial charge in [0.15, 0.2) is 5.84 Å². The predicted octanol–water partition coefficient (Wildman–Crippen LogP) is 2.74. The molecule has 0 radical (unpaired) electrons. The van der Waals surface area contributed by atoms with Crippen LogP contribution in [0.25, 0.3) is 21.8 Å². The molecule has 0 spiro atoms. The number of carbonyl (C=O) groups excluding carboxylic acids is 2. The second-order valence-electron chi connectivity index (χ2n) is 13.1. The molecule has 2 fully saturated rings. The number of anilines is 2. The van der Waals surface area contributed by atoms with Gasteiger partial charge in [-0.25, -0.2) is 9.97 Å². The number of nitrogens with two attached hydrogens (primary N) is 1. The number of H-pyrrole nitrogens is 2. The van der Waals surface area contributed by atoms with Crippen molar-refractivity contribution in [3.63, 3.8) is 0 Å². The van der Waals surface area contributed by atoms with Crippen LogP contribution < -0.4 is 26.7 Å². The molecule has 0 bridgehead atoms. The molecule has 16 heteroatoms. The Bertz CT molecular complexity index is 2580. The first kappa shape index (κ1) is 36.8. The lowest BCUT2D eigenvalue weighted by molar-refractivity contribution is 0.0739. The third-order valence-electron chi connectivity index (χ3n) is 9.73. The van der Waals surface area contributed by atoms with E-state index < -0.39 is 0 Å². The number of oxime groups is 1. The van der Waals surface area contributed by atoms with Gasteiger partial charge in [-0.15, -0.1) is 0 Å². The third-order valence-corrected chi connectivity index (χ3v) is 9.73. The molecule has 2 aromatic heterocycles. The summed E-state index contributed by atoms with van der Waals surface area (Å²) in [6.07, 6.45) is 0. The number of para-hydroxylation sites is 2. The summed E-state index contributed by atoms with van der Waals surface area (Å²) in [6.45, 7) is 4.40. The molecule has 16 nitrogen and oxygen atoms in total. The van der Waals surface area contributed by atoms with E-state index in [4.69, 9.17) is 16.2 Å². The number of carbonyl (C=O) groups is 2. The number of aromatic nitrogens is 4. The van der Waals surface area contributed by atoms with Crippen molar-refractivity contribution < 1.29 is 14.8 Å². The van der Waals surface area contributed by atoms with Crippen LogP contribution in [0.15, 0.2) is 112 Å². The largest absolute Gasteiger partial charge is 0.409 e. The first-order valence-corrected chi connectivity index (χ1v) is 17.9. The second kappa shape index (κ2) is 16.2. The van der Waals surface area contributed by atoms with Gasteiger partial charge >= 0.3 is 0 Å². The topological polar surface area (TPSA) is 221 Å². The van der Waals surface area contributed by atoms with Crippen molar-refractivity contribution >= 4 is 51.4 Å². The summed E-state index contributed by atoms with van der Waals surface area (Å²) in [5.41, 5.74) is 8.70. The van der Waals surface area contributed by atoms with Gasteiger partial charge in [-0.05, 0) is 60.7 Å². The Labute approximate surface area is 319 Å². The summed E-state index contributed by atoms with van der Waals surface area (Å²) in [4.78, 5) is 72.1. The minimum absolute atomic E-state index is 0.00510. The molecule has 6 aromatic rings. The van der Waals surface area contributed by atoms with Gasteiger partial charge in [0.2, 0.25) is 11.9 Å². The normalized spacial score (nSPS) is 14.6. The highest BCUT2D eigenvalue weighted by atomic mass is 16.4. The van der Waals surface area contributed by atoms with Crippen LogP contribution >= 0.6 is 0 Å². The summed E-state index contributed by atoms with van der Waals surface area (Å²) in [7, 11) is 0. The monoisotopic (exact) mass is 751 g/mol. The number of amides is 2. The third kappa shape index (κ3) is 7.87. The van der Waals surface area contributed by atoms with Crippen molar-refractivity contribution in [1.29, 1.82) is 5.26 Å². The molecule has 2 aliphatic heterocycles. The fourth-order valence-electron chi connectivity index (χ4n) is 6.58. The number of nitrogens with one attached hydrogen (secondary N) is 2. The van der Waals surface area contributed by atoms with Crippen LogP contribution in [0.4, 0.5) is 11.9 Å². The number of nitriles is 1. The molecule has 8 rings (SSSR count). The van der Waals surface area contributed by atoms with E-state index in [-0.39, 0.29) is 28.8 Å². The summed E-state index contributed by atoms with van der Waals surface area (Å²) >= 11 is 0. The Balaban J connectivity index is 0.000000172. The average molecular weight is 752 g/mol. The number of benzene rings is 4. The zero-order valence-electron chi connectivity index (χ0n) is 30.1. The maximum absolute atomic E-state index is 12.7. The summed E-state index contributed by atoms with van der Waals surface area (Å²) in [5.74, 6) is 0.900. The van der Waals surface area contributed by atoms with Crippen LogP contribution in [0.5, 0.6) is 0 Å². The van der Waals surface area contributed by atoms with Crippen LogP contribution in [0, 0.1) is 11.3 Å². The minimum atomic E-state index is -0.171. The van der Waals surface area contributed by atoms with Crippen LogP contribution in [0.1, 0.15) is 31.8 Å². The Hall–Kier alpha value is -7.54. The van der Waals surface area contributed by atoms with E-state index in [1.807, 2.05) is 46.2 Å².